The van der Waals surface area contributed by atoms with E-state index < -0.39 is 17.8 Å². The molecule has 2 aromatic carbocycles. The maximum Gasteiger partial charge on any atom is 0.336 e. The van der Waals surface area contributed by atoms with Gasteiger partial charge in [0.25, 0.3) is 0 Å². The summed E-state index contributed by atoms with van der Waals surface area (Å²) < 4.78 is 27.6. The van der Waals surface area contributed by atoms with E-state index in [0.29, 0.717) is 28.0 Å². The lowest BCUT2D eigenvalue weighted by Gasteiger charge is -2.33. The van der Waals surface area contributed by atoms with Crippen LogP contribution in [0.1, 0.15) is 11.7 Å². The Balaban J connectivity index is 1.80. The number of phenols is 1. The number of benzene rings is 2. The van der Waals surface area contributed by atoms with Crippen molar-refractivity contribution in [1.82, 2.24) is 0 Å². The number of ether oxygens (including phenoxy) is 4. The fourth-order valence-electron chi connectivity index (χ4n) is 3.19. The summed E-state index contributed by atoms with van der Waals surface area (Å²) in [5.74, 6) is 1.05. The summed E-state index contributed by atoms with van der Waals surface area (Å²) in [6.07, 6.45) is -1.42. The third-order valence-corrected chi connectivity index (χ3v) is 4.57. The van der Waals surface area contributed by atoms with Crippen molar-refractivity contribution in [1.29, 1.82) is 0 Å². The van der Waals surface area contributed by atoms with Gasteiger partial charge in [0.2, 0.25) is 5.75 Å². The van der Waals surface area contributed by atoms with Gasteiger partial charge in [-0.1, -0.05) is 0 Å². The number of phenolic OH excluding ortho intramolecular Hbond substituents is 1. The molecule has 2 heterocycles. The Morgan fingerprint density at radius 2 is 1.68 bits per heavy atom. The van der Waals surface area contributed by atoms with E-state index in [1.165, 1.54) is 20.3 Å². The first-order valence-corrected chi connectivity index (χ1v) is 8.51. The highest BCUT2D eigenvalue weighted by Crippen LogP contribution is 2.45. The van der Waals surface area contributed by atoms with E-state index in [0.717, 1.165) is 0 Å². The van der Waals surface area contributed by atoms with Gasteiger partial charge in [-0.15, -0.1) is 0 Å². The fraction of sp³-hybridized carbons (Fsp3) is 0.250. The summed E-state index contributed by atoms with van der Waals surface area (Å²) in [6, 6.07) is 9.37. The van der Waals surface area contributed by atoms with Crippen LogP contribution in [0, 0.1) is 0 Å². The molecule has 0 bridgehead atoms. The molecule has 146 valence electrons. The van der Waals surface area contributed by atoms with E-state index in [1.54, 1.807) is 30.3 Å². The van der Waals surface area contributed by atoms with Gasteiger partial charge in [-0.25, -0.2) is 4.79 Å². The smallest absolute Gasteiger partial charge is 0.336 e. The molecule has 3 aromatic rings. The number of hydrogen-bond donors (Lipinski definition) is 2. The number of aromatic hydroxyl groups is 1. The van der Waals surface area contributed by atoms with Crippen LogP contribution in [0.2, 0.25) is 0 Å². The zero-order chi connectivity index (χ0) is 19.8. The van der Waals surface area contributed by atoms with Gasteiger partial charge >= 0.3 is 5.63 Å². The Bertz CT molecular complexity index is 1060. The Morgan fingerprint density at radius 3 is 2.32 bits per heavy atom. The Labute approximate surface area is 159 Å². The van der Waals surface area contributed by atoms with Crippen LogP contribution in [-0.2, 0) is 0 Å². The highest BCUT2D eigenvalue weighted by Gasteiger charge is 2.34. The van der Waals surface area contributed by atoms with Gasteiger partial charge in [0.1, 0.15) is 5.58 Å². The first kappa shape index (κ1) is 18.0. The van der Waals surface area contributed by atoms with Crippen LogP contribution in [-0.4, -0.2) is 37.1 Å². The summed E-state index contributed by atoms with van der Waals surface area (Å²) in [4.78, 5) is 11.5. The fourth-order valence-corrected chi connectivity index (χ4v) is 3.19. The lowest BCUT2D eigenvalue weighted by Crippen LogP contribution is -2.36. The van der Waals surface area contributed by atoms with Gasteiger partial charge in [0, 0.05) is 23.1 Å². The number of methoxy groups -OCH3 is 2. The normalized spacial score (nSPS) is 18.1. The predicted octanol–water partition coefficient (Wildman–Crippen LogP) is 2.39. The standard InChI is InChI=1S/C20H18O8/c1-24-15-6-11(7-16(25-2)19(15)23)20-17(9-21)26-13-5-10-3-4-18(22)27-12(10)8-14(13)28-20/h3-8,17,20-21,23H,9H2,1-2H3/t17-,20+/m1/s1. The quantitative estimate of drug-likeness (QED) is 0.658. The van der Waals surface area contributed by atoms with Crippen molar-refractivity contribution in [2.24, 2.45) is 0 Å². The Hall–Kier alpha value is -3.39. The summed E-state index contributed by atoms with van der Waals surface area (Å²) in [7, 11) is 2.84. The van der Waals surface area contributed by atoms with Gasteiger partial charge in [-0.3, -0.25) is 0 Å². The predicted molar refractivity (Wildman–Crippen MR) is 98.6 cm³/mol. The first-order valence-electron chi connectivity index (χ1n) is 8.51. The molecule has 0 aliphatic carbocycles. The average molecular weight is 386 g/mol. The summed E-state index contributed by atoms with van der Waals surface area (Å²) in [6.45, 7) is -0.308. The van der Waals surface area contributed by atoms with Crippen LogP contribution in [0.3, 0.4) is 0 Å². The van der Waals surface area contributed by atoms with E-state index in [2.05, 4.69) is 0 Å². The molecule has 2 atom stereocenters. The molecule has 1 aliphatic rings. The van der Waals surface area contributed by atoms with Crippen molar-refractivity contribution in [3.05, 3.63) is 52.4 Å². The Morgan fingerprint density at radius 1 is 1.00 bits per heavy atom. The van der Waals surface area contributed by atoms with Crippen LogP contribution in [0.25, 0.3) is 11.0 Å². The third-order valence-electron chi connectivity index (χ3n) is 4.57. The second kappa shape index (κ2) is 6.97. The highest BCUT2D eigenvalue weighted by molar-refractivity contribution is 5.80. The molecule has 4 rings (SSSR count). The van der Waals surface area contributed by atoms with Gasteiger partial charge in [-0.05, 0) is 24.3 Å². The SMILES string of the molecule is COc1cc([C@@H]2Oc3cc4oc(=O)ccc4cc3O[C@@H]2CO)cc(OC)c1O. The van der Waals surface area contributed by atoms with E-state index >= 15 is 0 Å². The maximum absolute atomic E-state index is 11.5. The number of rotatable bonds is 4. The van der Waals surface area contributed by atoms with Gasteiger partial charge < -0.3 is 33.6 Å². The second-order valence-electron chi connectivity index (χ2n) is 6.24. The van der Waals surface area contributed by atoms with Crippen molar-refractivity contribution >= 4 is 11.0 Å². The first-order chi connectivity index (χ1) is 13.5. The molecule has 0 spiro atoms. The van der Waals surface area contributed by atoms with E-state index in [1.807, 2.05) is 0 Å². The van der Waals surface area contributed by atoms with Crippen molar-refractivity contribution in [3.63, 3.8) is 0 Å². The average Bonchev–Trinajstić information content (AvgIpc) is 2.71. The van der Waals surface area contributed by atoms with Crippen LogP contribution < -0.4 is 24.6 Å². The van der Waals surface area contributed by atoms with Crippen molar-refractivity contribution in [2.75, 3.05) is 20.8 Å². The van der Waals surface area contributed by atoms with Crippen molar-refractivity contribution < 1.29 is 33.6 Å². The Kier molecular flexibility index (Phi) is 4.48. The molecule has 0 saturated carbocycles. The lowest BCUT2D eigenvalue weighted by molar-refractivity contribution is -0.0123. The summed E-state index contributed by atoms with van der Waals surface area (Å²) >= 11 is 0. The topological polar surface area (TPSA) is 108 Å². The molecular formula is C20H18O8. The molecule has 0 saturated heterocycles. The third kappa shape index (κ3) is 2.97. The zero-order valence-electron chi connectivity index (χ0n) is 15.2. The maximum atomic E-state index is 11.5. The minimum atomic E-state index is -0.714. The summed E-state index contributed by atoms with van der Waals surface area (Å²) in [5, 5.41) is 20.6. The molecule has 8 nitrogen and oxygen atoms in total. The van der Waals surface area contributed by atoms with E-state index in [4.69, 9.17) is 23.4 Å². The number of aliphatic hydroxyl groups is 1. The minimum absolute atomic E-state index is 0.140. The monoisotopic (exact) mass is 386 g/mol. The van der Waals surface area contributed by atoms with Crippen LogP contribution in [0.15, 0.2) is 45.6 Å². The van der Waals surface area contributed by atoms with Gasteiger partial charge in [0.15, 0.2) is 35.2 Å². The van der Waals surface area contributed by atoms with Gasteiger partial charge in [-0.2, -0.15) is 0 Å². The van der Waals surface area contributed by atoms with E-state index in [9.17, 15) is 15.0 Å². The molecule has 0 radical (unpaired) electrons. The number of aliphatic hydroxyl groups excluding tert-OH is 1. The number of fused-ring (bicyclic) bond motifs is 2. The lowest BCUT2D eigenvalue weighted by atomic mass is 10.0. The van der Waals surface area contributed by atoms with Gasteiger partial charge in [0.05, 0.1) is 20.8 Å². The molecule has 0 fully saturated rings. The van der Waals surface area contributed by atoms with Crippen molar-refractivity contribution in [2.45, 2.75) is 12.2 Å². The number of hydrogen-bond acceptors (Lipinski definition) is 8. The molecule has 0 unspecified atom stereocenters. The second-order valence-corrected chi connectivity index (χ2v) is 6.24. The summed E-state index contributed by atoms with van der Waals surface area (Å²) in [5.41, 5.74) is 0.463. The van der Waals surface area contributed by atoms with Crippen LogP contribution in [0.4, 0.5) is 0 Å². The molecular weight excluding hydrogens is 368 g/mol. The highest BCUT2D eigenvalue weighted by atomic mass is 16.6. The largest absolute Gasteiger partial charge is 0.502 e. The zero-order valence-corrected chi connectivity index (χ0v) is 15.2. The molecule has 1 aromatic heterocycles. The van der Waals surface area contributed by atoms with Crippen molar-refractivity contribution in [3.8, 4) is 28.7 Å². The molecule has 0 amide bonds. The molecule has 1 aliphatic heterocycles. The molecule has 2 N–H and O–H groups in total. The minimum Gasteiger partial charge on any atom is -0.502 e. The molecule has 8 heteroatoms. The van der Waals surface area contributed by atoms with Crippen LogP contribution in [0.5, 0.6) is 28.7 Å². The van der Waals surface area contributed by atoms with E-state index in [-0.39, 0.29) is 23.9 Å². The van der Waals surface area contributed by atoms with Crippen LogP contribution >= 0.6 is 0 Å². The molecule has 28 heavy (non-hydrogen) atoms.